The van der Waals surface area contributed by atoms with Crippen LogP contribution in [0.1, 0.15) is 11.8 Å². The molecule has 0 aliphatic heterocycles. The van der Waals surface area contributed by atoms with E-state index in [9.17, 15) is 0 Å². The van der Waals surface area contributed by atoms with Crippen LogP contribution in [0.5, 0.6) is 11.5 Å². The predicted molar refractivity (Wildman–Crippen MR) is 69.1 cm³/mol. The average molecular weight is 268 g/mol. The van der Waals surface area contributed by atoms with E-state index >= 15 is 0 Å². The van der Waals surface area contributed by atoms with Crippen LogP contribution in [0.3, 0.4) is 0 Å². The van der Waals surface area contributed by atoms with Crippen molar-refractivity contribution >= 4 is 11.6 Å². The molecule has 0 aliphatic rings. The van der Waals surface area contributed by atoms with Crippen molar-refractivity contribution < 1.29 is 13.9 Å². The Morgan fingerprint density at radius 2 is 2.06 bits per heavy atom. The molecule has 96 valence electrons. The highest BCUT2D eigenvalue weighted by molar-refractivity contribution is 6.28. The first-order valence-electron chi connectivity index (χ1n) is 5.46. The van der Waals surface area contributed by atoms with Crippen molar-refractivity contribution in [3.63, 3.8) is 0 Å². The summed E-state index contributed by atoms with van der Waals surface area (Å²) in [5.41, 5.74) is 5.92. The van der Waals surface area contributed by atoms with Crippen molar-refractivity contribution in [1.82, 2.24) is 0 Å². The third-order valence-corrected chi connectivity index (χ3v) is 2.63. The molecule has 2 aromatic rings. The number of nitrogens with two attached hydrogens (primary N) is 1. The van der Waals surface area contributed by atoms with Crippen LogP contribution in [0.4, 0.5) is 0 Å². The second-order valence-corrected chi connectivity index (χ2v) is 4.11. The van der Waals surface area contributed by atoms with Gasteiger partial charge in [-0.2, -0.15) is 0 Å². The summed E-state index contributed by atoms with van der Waals surface area (Å²) in [7, 11) is 1.61. The van der Waals surface area contributed by atoms with Crippen LogP contribution in [-0.4, -0.2) is 13.7 Å². The summed E-state index contributed by atoms with van der Waals surface area (Å²) in [5, 5.41) is 0.321. The van der Waals surface area contributed by atoms with Crippen molar-refractivity contribution in [1.29, 1.82) is 0 Å². The fourth-order valence-electron chi connectivity index (χ4n) is 1.49. The fraction of sp³-hybridized carbons (Fsp3) is 0.231. The third-order valence-electron chi connectivity index (χ3n) is 2.43. The minimum absolute atomic E-state index is 0.303. The molecule has 4 nitrogen and oxygen atoms in total. The van der Waals surface area contributed by atoms with Crippen LogP contribution >= 0.6 is 11.6 Å². The van der Waals surface area contributed by atoms with Gasteiger partial charge in [0.15, 0.2) is 5.22 Å². The summed E-state index contributed by atoms with van der Waals surface area (Å²) in [6.07, 6.45) is 0. The number of methoxy groups -OCH3 is 1. The highest BCUT2D eigenvalue weighted by atomic mass is 35.5. The molecular formula is C13H14ClNO3. The molecule has 0 amide bonds. The smallest absolute Gasteiger partial charge is 0.193 e. The second-order valence-electron chi connectivity index (χ2n) is 3.74. The zero-order valence-corrected chi connectivity index (χ0v) is 10.7. The summed E-state index contributed by atoms with van der Waals surface area (Å²) in [6.45, 7) is 0.303. The van der Waals surface area contributed by atoms with Gasteiger partial charge in [-0.05, 0) is 35.9 Å². The van der Waals surface area contributed by atoms with Crippen molar-refractivity contribution in [2.24, 2.45) is 5.73 Å². The number of halogens is 1. The number of hydrogen-bond donors (Lipinski definition) is 1. The lowest BCUT2D eigenvalue weighted by atomic mass is 10.2. The Hall–Kier alpha value is -1.65. The third kappa shape index (κ3) is 3.18. The quantitative estimate of drug-likeness (QED) is 0.905. The zero-order valence-electron chi connectivity index (χ0n) is 9.93. The van der Waals surface area contributed by atoms with Gasteiger partial charge in [0.1, 0.15) is 23.9 Å². The first kappa shape index (κ1) is 12.8. The molecule has 0 aliphatic carbocycles. The molecule has 1 aromatic carbocycles. The fourth-order valence-corrected chi connectivity index (χ4v) is 1.64. The molecular weight excluding hydrogens is 254 g/mol. The lowest BCUT2D eigenvalue weighted by Crippen LogP contribution is -2.18. The molecule has 0 radical (unpaired) electrons. The minimum Gasteiger partial charge on any atom is -0.497 e. The molecule has 0 fully saturated rings. The topological polar surface area (TPSA) is 57.6 Å². The van der Waals surface area contributed by atoms with E-state index in [-0.39, 0.29) is 6.04 Å². The van der Waals surface area contributed by atoms with E-state index in [4.69, 9.17) is 31.2 Å². The second kappa shape index (κ2) is 5.80. The van der Waals surface area contributed by atoms with Gasteiger partial charge in [0.25, 0.3) is 0 Å². The Morgan fingerprint density at radius 1 is 1.28 bits per heavy atom. The van der Waals surface area contributed by atoms with E-state index in [0.29, 0.717) is 23.3 Å². The molecule has 1 unspecified atom stereocenters. The summed E-state index contributed by atoms with van der Waals surface area (Å²) < 4.78 is 15.9. The zero-order chi connectivity index (χ0) is 13.0. The first-order chi connectivity index (χ1) is 8.69. The maximum atomic E-state index is 5.92. The number of benzene rings is 1. The Morgan fingerprint density at radius 3 is 2.72 bits per heavy atom. The average Bonchev–Trinajstić information content (AvgIpc) is 2.83. The maximum Gasteiger partial charge on any atom is 0.193 e. The molecule has 18 heavy (non-hydrogen) atoms. The van der Waals surface area contributed by atoms with E-state index < -0.39 is 0 Å². The van der Waals surface area contributed by atoms with Gasteiger partial charge >= 0.3 is 0 Å². The molecule has 1 aromatic heterocycles. The molecule has 0 saturated carbocycles. The molecule has 2 rings (SSSR count). The van der Waals surface area contributed by atoms with E-state index in [1.54, 1.807) is 25.3 Å². The molecule has 1 atom stereocenters. The number of rotatable bonds is 5. The van der Waals surface area contributed by atoms with Gasteiger partial charge in [0.2, 0.25) is 0 Å². The molecule has 0 saturated heterocycles. The number of ether oxygens (including phenoxy) is 2. The lowest BCUT2D eigenvalue weighted by Gasteiger charge is -2.11. The molecule has 2 N–H and O–H groups in total. The summed E-state index contributed by atoms with van der Waals surface area (Å²) in [6, 6.07) is 10.4. The van der Waals surface area contributed by atoms with Crippen LogP contribution in [0.25, 0.3) is 0 Å². The largest absolute Gasteiger partial charge is 0.497 e. The van der Waals surface area contributed by atoms with Gasteiger partial charge in [0, 0.05) is 6.07 Å². The maximum absolute atomic E-state index is 5.92. The SMILES string of the molecule is COc1cccc(OCC(N)c2ccc(Cl)o2)c1. The van der Waals surface area contributed by atoms with E-state index in [1.807, 2.05) is 18.2 Å². The summed E-state index contributed by atoms with van der Waals surface area (Å²) in [5.74, 6) is 2.03. The van der Waals surface area contributed by atoms with Gasteiger partial charge in [-0.3, -0.25) is 0 Å². The van der Waals surface area contributed by atoms with Crippen LogP contribution in [-0.2, 0) is 0 Å². The van der Waals surface area contributed by atoms with E-state index in [0.717, 1.165) is 5.75 Å². The summed E-state index contributed by atoms with van der Waals surface area (Å²) >= 11 is 5.68. The monoisotopic (exact) mass is 267 g/mol. The Balaban J connectivity index is 1.94. The Labute approximate surface area is 110 Å². The molecule has 0 bridgehead atoms. The predicted octanol–water partition coefficient (Wildman–Crippen LogP) is 3.02. The van der Waals surface area contributed by atoms with E-state index in [2.05, 4.69) is 0 Å². The first-order valence-corrected chi connectivity index (χ1v) is 5.84. The number of hydrogen-bond acceptors (Lipinski definition) is 4. The van der Waals surface area contributed by atoms with Crippen LogP contribution in [0, 0.1) is 0 Å². The standard InChI is InChI=1S/C13H14ClNO3/c1-16-9-3-2-4-10(7-9)17-8-11(15)12-5-6-13(14)18-12/h2-7,11H,8,15H2,1H3. The Bertz CT molecular complexity index is 512. The van der Waals surface area contributed by atoms with Gasteiger partial charge in [-0.1, -0.05) is 6.07 Å². The van der Waals surface area contributed by atoms with Crippen LogP contribution in [0.15, 0.2) is 40.8 Å². The van der Waals surface area contributed by atoms with Crippen molar-refractivity contribution in [3.05, 3.63) is 47.4 Å². The summed E-state index contributed by atoms with van der Waals surface area (Å²) in [4.78, 5) is 0. The van der Waals surface area contributed by atoms with Gasteiger partial charge in [0.05, 0.1) is 13.2 Å². The molecule has 0 spiro atoms. The minimum atomic E-state index is -0.358. The van der Waals surface area contributed by atoms with Crippen molar-refractivity contribution in [2.75, 3.05) is 13.7 Å². The molecule has 1 heterocycles. The lowest BCUT2D eigenvalue weighted by molar-refractivity contribution is 0.271. The highest BCUT2D eigenvalue weighted by Crippen LogP contribution is 2.22. The van der Waals surface area contributed by atoms with Crippen molar-refractivity contribution in [3.8, 4) is 11.5 Å². The Kier molecular flexibility index (Phi) is 4.12. The number of furan rings is 1. The van der Waals surface area contributed by atoms with Crippen LogP contribution < -0.4 is 15.2 Å². The highest BCUT2D eigenvalue weighted by Gasteiger charge is 2.11. The van der Waals surface area contributed by atoms with Crippen molar-refractivity contribution in [2.45, 2.75) is 6.04 Å². The van der Waals surface area contributed by atoms with Gasteiger partial charge in [-0.25, -0.2) is 0 Å². The normalized spacial score (nSPS) is 12.2. The van der Waals surface area contributed by atoms with Gasteiger partial charge < -0.3 is 19.6 Å². The van der Waals surface area contributed by atoms with E-state index in [1.165, 1.54) is 0 Å². The van der Waals surface area contributed by atoms with Crippen LogP contribution in [0.2, 0.25) is 5.22 Å². The molecule has 5 heteroatoms. The van der Waals surface area contributed by atoms with Gasteiger partial charge in [-0.15, -0.1) is 0 Å².